The molecule has 0 aliphatic carbocycles. The standard InChI is InChI=1S/C9H7F3N4S2/c1-5-2-3-18-6(5)4-13-16-7(9(10,11)12)14-15-8(16)17/h2-4H,1H3,(H,15,17)/b13-4-. The van der Waals surface area contributed by atoms with Gasteiger partial charge in [0.15, 0.2) is 0 Å². The fraction of sp³-hybridized carbons (Fsp3) is 0.222. The van der Waals surface area contributed by atoms with Crippen LogP contribution in [0.3, 0.4) is 0 Å². The highest BCUT2D eigenvalue weighted by molar-refractivity contribution is 7.71. The van der Waals surface area contributed by atoms with Crippen LogP contribution >= 0.6 is 23.6 Å². The highest BCUT2D eigenvalue weighted by Crippen LogP contribution is 2.27. The van der Waals surface area contributed by atoms with E-state index in [-0.39, 0.29) is 4.77 Å². The van der Waals surface area contributed by atoms with E-state index in [1.165, 1.54) is 17.6 Å². The third-order valence-corrected chi connectivity index (χ3v) is 3.31. The molecule has 2 aromatic heterocycles. The van der Waals surface area contributed by atoms with Gasteiger partial charge in [0.05, 0.1) is 11.1 Å². The van der Waals surface area contributed by atoms with E-state index in [0.29, 0.717) is 4.68 Å². The molecule has 9 heteroatoms. The molecule has 18 heavy (non-hydrogen) atoms. The van der Waals surface area contributed by atoms with Crippen molar-refractivity contribution >= 4 is 29.8 Å². The van der Waals surface area contributed by atoms with E-state index in [1.54, 1.807) is 0 Å². The predicted molar refractivity (Wildman–Crippen MR) is 64.5 cm³/mol. The largest absolute Gasteiger partial charge is 0.453 e. The maximum atomic E-state index is 12.6. The second kappa shape index (κ2) is 4.65. The van der Waals surface area contributed by atoms with Crippen molar-refractivity contribution in [3.05, 3.63) is 32.5 Å². The Bertz CT molecular complexity index is 635. The van der Waals surface area contributed by atoms with Crippen molar-refractivity contribution in [3.63, 3.8) is 0 Å². The van der Waals surface area contributed by atoms with Crippen molar-refractivity contribution in [1.29, 1.82) is 0 Å². The number of thiophene rings is 1. The van der Waals surface area contributed by atoms with Crippen molar-refractivity contribution in [2.45, 2.75) is 13.1 Å². The Kier molecular flexibility index (Phi) is 3.35. The molecule has 0 spiro atoms. The number of aromatic nitrogens is 3. The Balaban J connectivity index is 2.41. The van der Waals surface area contributed by atoms with Crippen LogP contribution in [-0.4, -0.2) is 21.1 Å². The second-order valence-corrected chi connectivity index (χ2v) is 4.71. The SMILES string of the molecule is Cc1ccsc1/C=N\n1c(C(F)(F)F)n[nH]c1=S. The predicted octanol–water partition coefficient (Wildman–Crippen LogP) is 3.21. The molecule has 0 atom stereocenters. The number of nitrogens with one attached hydrogen (secondary N) is 1. The first-order valence-electron chi connectivity index (χ1n) is 4.72. The van der Waals surface area contributed by atoms with Crippen LogP contribution in [0.2, 0.25) is 0 Å². The minimum absolute atomic E-state index is 0.201. The molecule has 0 amide bonds. The molecule has 1 N–H and O–H groups in total. The molecule has 2 rings (SSSR count). The second-order valence-electron chi connectivity index (χ2n) is 3.37. The molecule has 0 bridgehead atoms. The molecule has 0 aliphatic heterocycles. The number of hydrogen-bond acceptors (Lipinski definition) is 4. The Morgan fingerprint density at radius 3 is 2.83 bits per heavy atom. The minimum Gasteiger partial charge on any atom is -0.250 e. The molecule has 0 saturated heterocycles. The van der Waals surface area contributed by atoms with Gasteiger partial charge >= 0.3 is 6.18 Å². The summed E-state index contributed by atoms with van der Waals surface area (Å²) < 4.78 is 38.1. The third kappa shape index (κ3) is 2.51. The lowest BCUT2D eigenvalue weighted by atomic mass is 10.3. The van der Waals surface area contributed by atoms with Gasteiger partial charge in [0, 0.05) is 0 Å². The maximum Gasteiger partial charge on any atom is 0.453 e. The van der Waals surface area contributed by atoms with Gasteiger partial charge in [-0.2, -0.15) is 22.9 Å². The van der Waals surface area contributed by atoms with Gasteiger partial charge in [-0.3, -0.25) is 0 Å². The first-order valence-corrected chi connectivity index (χ1v) is 6.01. The normalized spacial score (nSPS) is 12.4. The van der Waals surface area contributed by atoms with E-state index in [2.05, 4.69) is 15.3 Å². The Morgan fingerprint density at radius 1 is 1.56 bits per heavy atom. The van der Waals surface area contributed by atoms with Crippen molar-refractivity contribution in [1.82, 2.24) is 14.9 Å². The zero-order chi connectivity index (χ0) is 13.3. The van der Waals surface area contributed by atoms with Gasteiger partial charge in [0.25, 0.3) is 5.82 Å². The molecule has 0 aromatic carbocycles. The van der Waals surface area contributed by atoms with E-state index < -0.39 is 12.0 Å². The summed E-state index contributed by atoms with van der Waals surface area (Å²) >= 11 is 6.09. The lowest BCUT2D eigenvalue weighted by Gasteiger charge is -2.03. The minimum atomic E-state index is -4.60. The quantitative estimate of drug-likeness (QED) is 0.682. The molecule has 0 saturated carbocycles. The molecule has 0 fully saturated rings. The summed E-state index contributed by atoms with van der Waals surface area (Å²) in [5.74, 6) is -1.17. The van der Waals surface area contributed by atoms with Gasteiger partial charge in [0.1, 0.15) is 0 Å². The van der Waals surface area contributed by atoms with E-state index in [4.69, 9.17) is 12.2 Å². The summed E-state index contributed by atoms with van der Waals surface area (Å²) in [7, 11) is 0. The van der Waals surface area contributed by atoms with E-state index in [9.17, 15) is 13.2 Å². The highest BCUT2D eigenvalue weighted by atomic mass is 32.1. The lowest BCUT2D eigenvalue weighted by molar-refractivity contribution is -0.147. The van der Waals surface area contributed by atoms with Crippen LogP contribution in [0.1, 0.15) is 16.3 Å². The Hall–Kier alpha value is -1.48. The summed E-state index contributed by atoms with van der Waals surface area (Å²) in [6.45, 7) is 1.84. The number of nitrogens with zero attached hydrogens (tertiary/aromatic N) is 3. The fourth-order valence-electron chi connectivity index (χ4n) is 1.21. The van der Waals surface area contributed by atoms with Gasteiger partial charge in [-0.15, -0.1) is 16.4 Å². The zero-order valence-corrected chi connectivity index (χ0v) is 10.7. The number of alkyl halides is 3. The number of H-pyrrole nitrogens is 1. The topological polar surface area (TPSA) is 46.0 Å². The molecule has 96 valence electrons. The molecular formula is C9H7F3N4S2. The summed E-state index contributed by atoms with van der Waals surface area (Å²) in [6, 6.07) is 1.85. The monoisotopic (exact) mass is 292 g/mol. The van der Waals surface area contributed by atoms with Gasteiger partial charge in [0.2, 0.25) is 4.77 Å². The number of aromatic amines is 1. The van der Waals surface area contributed by atoms with Gasteiger partial charge in [-0.1, -0.05) is 0 Å². The third-order valence-electron chi connectivity index (χ3n) is 2.10. The molecule has 2 aromatic rings. The summed E-state index contributed by atoms with van der Waals surface area (Å²) in [4.78, 5) is 0.770. The van der Waals surface area contributed by atoms with Crippen LogP contribution in [0, 0.1) is 11.7 Å². The lowest BCUT2D eigenvalue weighted by Crippen LogP contribution is -2.12. The summed E-state index contributed by atoms with van der Waals surface area (Å²) in [5.41, 5.74) is 0.937. The van der Waals surface area contributed by atoms with Crippen LogP contribution in [0.25, 0.3) is 0 Å². The first kappa shape index (κ1) is 13.0. The van der Waals surface area contributed by atoms with Crippen LogP contribution in [0.5, 0.6) is 0 Å². The van der Waals surface area contributed by atoms with Gasteiger partial charge < -0.3 is 0 Å². The average molecular weight is 292 g/mol. The van der Waals surface area contributed by atoms with Crippen molar-refractivity contribution in [2.75, 3.05) is 0 Å². The van der Waals surface area contributed by atoms with E-state index >= 15 is 0 Å². The number of rotatable bonds is 2. The first-order chi connectivity index (χ1) is 8.39. The van der Waals surface area contributed by atoms with Crippen molar-refractivity contribution in [2.24, 2.45) is 5.10 Å². The molecular weight excluding hydrogens is 285 g/mol. The number of halogens is 3. The molecule has 0 unspecified atom stereocenters. The highest BCUT2D eigenvalue weighted by Gasteiger charge is 2.37. The fourth-order valence-corrected chi connectivity index (χ4v) is 2.17. The molecule has 2 heterocycles. The molecule has 0 radical (unpaired) electrons. The maximum absolute atomic E-state index is 12.6. The van der Waals surface area contributed by atoms with Crippen LogP contribution in [-0.2, 0) is 6.18 Å². The van der Waals surface area contributed by atoms with Crippen LogP contribution < -0.4 is 0 Å². The van der Waals surface area contributed by atoms with Crippen LogP contribution in [0.15, 0.2) is 16.5 Å². The molecule has 0 aliphatic rings. The van der Waals surface area contributed by atoms with Crippen molar-refractivity contribution < 1.29 is 13.2 Å². The zero-order valence-electron chi connectivity index (χ0n) is 9.02. The molecule has 4 nitrogen and oxygen atoms in total. The number of aryl methyl sites for hydroxylation is 1. The smallest absolute Gasteiger partial charge is 0.250 e. The van der Waals surface area contributed by atoms with Gasteiger partial charge in [-0.05, 0) is 36.2 Å². The van der Waals surface area contributed by atoms with Crippen molar-refractivity contribution in [3.8, 4) is 0 Å². The summed E-state index contributed by atoms with van der Waals surface area (Å²) in [6.07, 6.45) is -3.27. The number of hydrogen-bond donors (Lipinski definition) is 1. The Morgan fingerprint density at radius 2 is 2.28 bits per heavy atom. The van der Waals surface area contributed by atoms with Gasteiger partial charge in [-0.25, -0.2) is 5.10 Å². The summed E-state index contributed by atoms with van der Waals surface area (Å²) in [5, 5.41) is 10.7. The van der Waals surface area contributed by atoms with Crippen LogP contribution in [0.4, 0.5) is 13.2 Å². The van der Waals surface area contributed by atoms with E-state index in [1.807, 2.05) is 18.4 Å². The Labute approximate surface area is 109 Å². The average Bonchev–Trinajstić information content (AvgIpc) is 2.81. The van der Waals surface area contributed by atoms with E-state index in [0.717, 1.165) is 10.4 Å².